The van der Waals surface area contributed by atoms with E-state index in [1.165, 1.54) is 0 Å². The van der Waals surface area contributed by atoms with Gasteiger partial charge >= 0.3 is 0 Å². The van der Waals surface area contributed by atoms with E-state index in [9.17, 15) is 14.7 Å². The van der Waals surface area contributed by atoms with E-state index in [4.69, 9.17) is 17.2 Å². The van der Waals surface area contributed by atoms with Crippen molar-refractivity contribution >= 4 is 17.8 Å². The van der Waals surface area contributed by atoms with E-state index in [0.29, 0.717) is 25.8 Å². The molecule has 0 heterocycles. The number of primary amides is 1. The normalized spacial score (nSPS) is 12.9. The van der Waals surface area contributed by atoms with Crippen molar-refractivity contribution in [1.29, 1.82) is 0 Å². The minimum Gasteiger partial charge on any atom is -0.508 e. The fourth-order valence-electron chi connectivity index (χ4n) is 2.18. The summed E-state index contributed by atoms with van der Waals surface area (Å²) in [6, 6.07) is 5.87. The summed E-state index contributed by atoms with van der Waals surface area (Å²) in [5.41, 5.74) is 16.7. The first kappa shape index (κ1) is 19.3. The SMILES string of the molecule is CC(Cc1ccc(O)cc1)C(=O)NC(CCCN=C(N)N)C(N)=O. The standard InChI is InChI=1S/C16H25N5O3/c1-10(9-11-4-6-12(22)7-5-11)15(24)21-13(14(17)23)3-2-8-20-16(18)19/h4-7,10,13,22H,2-3,8-9H2,1H3,(H2,17,23)(H,21,24)(H4,18,19,20). The minimum atomic E-state index is -0.756. The van der Waals surface area contributed by atoms with Gasteiger partial charge in [-0.15, -0.1) is 0 Å². The Labute approximate surface area is 141 Å². The molecule has 0 aliphatic carbocycles. The number of nitrogens with one attached hydrogen (secondary N) is 1. The number of nitrogens with two attached hydrogens (primary N) is 3. The monoisotopic (exact) mass is 335 g/mol. The number of aliphatic imine (C=N–C) groups is 1. The smallest absolute Gasteiger partial charge is 0.240 e. The van der Waals surface area contributed by atoms with Crippen LogP contribution in [-0.2, 0) is 16.0 Å². The Morgan fingerprint density at radius 1 is 1.21 bits per heavy atom. The zero-order chi connectivity index (χ0) is 18.1. The molecule has 8 N–H and O–H groups in total. The molecule has 132 valence electrons. The third-order valence-corrected chi connectivity index (χ3v) is 3.53. The summed E-state index contributed by atoms with van der Waals surface area (Å²) in [4.78, 5) is 27.5. The van der Waals surface area contributed by atoms with Crippen molar-refractivity contribution in [2.75, 3.05) is 6.54 Å². The van der Waals surface area contributed by atoms with Crippen molar-refractivity contribution in [3.05, 3.63) is 29.8 Å². The van der Waals surface area contributed by atoms with Crippen LogP contribution < -0.4 is 22.5 Å². The number of phenolic OH excluding ortho intramolecular Hbond substituents is 1. The Balaban J connectivity index is 2.52. The Hall–Kier alpha value is -2.77. The van der Waals surface area contributed by atoms with Crippen LogP contribution in [0.5, 0.6) is 5.75 Å². The van der Waals surface area contributed by atoms with Crippen LogP contribution in [0.2, 0.25) is 0 Å². The van der Waals surface area contributed by atoms with Gasteiger partial charge in [0.2, 0.25) is 11.8 Å². The van der Waals surface area contributed by atoms with Gasteiger partial charge in [0.25, 0.3) is 0 Å². The predicted octanol–water partition coefficient (Wildman–Crippen LogP) is -0.405. The third kappa shape index (κ3) is 6.99. The van der Waals surface area contributed by atoms with Crippen LogP contribution in [0.3, 0.4) is 0 Å². The molecule has 8 heteroatoms. The maximum Gasteiger partial charge on any atom is 0.240 e. The van der Waals surface area contributed by atoms with Gasteiger partial charge in [-0.3, -0.25) is 14.6 Å². The molecular formula is C16H25N5O3. The number of hydrogen-bond donors (Lipinski definition) is 5. The van der Waals surface area contributed by atoms with E-state index >= 15 is 0 Å². The molecule has 1 rings (SSSR count). The number of aromatic hydroxyl groups is 1. The summed E-state index contributed by atoms with van der Waals surface area (Å²) in [6.45, 7) is 2.13. The summed E-state index contributed by atoms with van der Waals surface area (Å²) in [7, 11) is 0. The highest BCUT2D eigenvalue weighted by Crippen LogP contribution is 2.14. The van der Waals surface area contributed by atoms with Gasteiger partial charge < -0.3 is 27.6 Å². The number of hydrogen-bond acceptors (Lipinski definition) is 4. The first-order valence-electron chi connectivity index (χ1n) is 7.72. The van der Waals surface area contributed by atoms with E-state index in [2.05, 4.69) is 10.3 Å². The highest BCUT2D eigenvalue weighted by atomic mass is 16.3. The lowest BCUT2D eigenvalue weighted by Crippen LogP contribution is -2.46. The molecule has 0 aliphatic rings. The Kier molecular flexibility index (Phi) is 7.54. The van der Waals surface area contributed by atoms with Gasteiger partial charge in [0, 0.05) is 12.5 Å². The number of amides is 2. The van der Waals surface area contributed by atoms with E-state index in [-0.39, 0.29) is 23.5 Å². The fraction of sp³-hybridized carbons (Fsp3) is 0.438. The summed E-state index contributed by atoms with van der Waals surface area (Å²) >= 11 is 0. The van der Waals surface area contributed by atoms with Gasteiger partial charge in [-0.25, -0.2) is 0 Å². The van der Waals surface area contributed by atoms with E-state index in [1.807, 2.05) is 0 Å². The molecular weight excluding hydrogens is 310 g/mol. The predicted molar refractivity (Wildman–Crippen MR) is 92.0 cm³/mol. The third-order valence-electron chi connectivity index (χ3n) is 3.53. The van der Waals surface area contributed by atoms with Gasteiger partial charge in [-0.1, -0.05) is 19.1 Å². The topological polar surface area (TPSA) is 157 Å². The highest BCUT2D eigenvalue weighted by molar-refractivity contribution is 5.87. The lowest BCUT2D eigenvalue weighted by atomic mass is 9.99. The number of benzene rings is 1. The first-order chi connectivity index (χ1) is 11.3. The average Bonchev–Trinajstić information content (AvgIpc) is 2.51. The van der Waals surface area contributed by atoms with Crippen LogP contribution in [0.25, 0.3) is 0 Å². The van der Waals surface area contributed by atoms with Gasteiger partial charge in [0.1, 0.15) is 11.8 Å². The Morgan fingerprint density at radius 2 is 1.83 bits per heavy atom. The summed E-state index contributed by atoms with van der Waals surface area (Å²) in [5.74, 6) is -1.03. The number of guanidine groups is 1. The molecule has 0 saturated heterocycles. The number of carbonyl (C=O) groups excluding carboxylic acids is 2. The molecule has 0 bridgehead atoms. The maximum absolute atomic E-state index is 12.2. The molecule has 0 spiro atoms. The zero-order valence-electron chi connectivity index (χ0n) is 13.7. The molecule has 1 aromatic carbocycles. The van der Waals surface area contributed by atoms with Crippen LogP contribution in [0.4, 0.5) is 0 Å². The number of nitrogens with zero attached hydrogens (tertiary/aromatic N) is 1. The second kappa shape index (κ2) is 9.39. The van der Waals surface area contributed by atoms with E-state index < -0.39 is 11.9 Å². The Morgan fingerprint density at radius 3 is 2.38 bits per heavy atom. The minimum absolute atomic E-state index is 0.0165. The van der Waals surface area contributed by atoms with Crippen LogP contribution in [0.15, 0.2) is 29.3 Å². The Bertz CT molecular complexity index is 582. The molecule has 0 radical (unpaired) electrons. The second-order valence-electron chi connectivity index (χ2n) is 5.68. The molecule has 0 fully saturated rings. The van der Waals surface area contributed by atoms with E-state index in [0.717, 1.165) is 5.56 Å². The second-order valence-corrected chi connectivity index (χ2v) is 5.68. The van der Waals surface area contributed by atoms with E-state index in [1.54, 1.807) is 31.2 Å². The highest BCUT2D eigenvalue weighted by Gasteiger charge is 2.21. The van der Waals surface area contributed by atoms with Gasteiger partial charge in [-0.05, 0) is 37.0 Å². The summed E-state index contributed by atoms with van der Waals surface area (Å²) in [5, 5.41) is 11.9. The lowest BCUT2D eigenvalue weighted by molar-refractivity contribution is -0.129. The molecule has 2 atom stereocenters. The molecule has 0 saturated carbocycles. The maximum atomic E-state index is 12.2. The van der Waals surface area contributed by atoms with Crippen molar-refractivity contribution < 1.29 is 14.7 Å². The van der Waals surface area contributed by atoms with Crippen LogP contribution in [-0.4, -0.2) is 35.5 Å². The quantitative estimate of drug-likeness (QED) is 0.236. The molecule has 8 nitrogen and oxygen atoms in total. The van der Waals surface area contributed by atoms with Crippen molar-refractivity contribution in [3.8, 4) is 5.75 Å². The van der Waals surface area contributed by atoms with Crippen molar-refractivity contribution in [1.82, 2.24) is 5.32 Å². The molecule has 1 aromatic rings. The molecule has 24 heavy (non-hydrogen) atoms. The van der Waals surface area contributed by atoms with Crippen molar-refractivity contribution in [2.45, 2.75) is 32.2 Å². The molecule has 2 amide bonds. The summed E-state index contributed by atoms with van der Waals surface area (Å²) < 4.78 is 0. The van der Waals surface area contributed by atoms with Gasteiger partial charge in [0.05, 0.1) is 0 Å². The summed E-state index contributed by atoms with van der Waals surface area (Å²) in [6.07, 6.45) is 1.38. The van der Waals surface area contributed by atoms with Gasteiger partial charge in [-0.2, -0.15) is 0 Å². The number of rotatable bonds is 9. The lowest BCUT2D eigenvalue weighted by Gasteiger charge is -2.18. The molecule has 2 unspecified atom stereocenters. The molecule has 0 aromatic heterocycles. The van der Waals surface area contributed by atoms with Crippen molar-refractivity contribution in [2.24, 2.45) is 28.1 Å². The first-order valence-corrected chi connectivity index (χ1v) is 7.72. The van der Waals surface area contributed by atoms with Gasteiger partial charge in [0.15, 0.2) is 5.96 Å². The largest absolute Gasteiger partial charge is 0.508 e. The fourth-order valence-corrected chi connectivity index (χ4v) is 2.18. The average molecular weight is 335 g/mol. The zero-order valence-corrected chi connectivity index (χ0v) is 13.7. The van der Waals surface area contributed by atoms with Crippen LogP contribution >= 0.6 is 0 Å². The van der Waals surface area contributed by atoms with Crippen LogP contribution in [0.1, 0.15) is 25.3 Å². The van der Waals surface area contributed by atoms with Crippen molar-refractivity contribution in [3.63, 3.8) is 0 Å². The molecule has 0 aliphatic heterocycles. The number of phenols is 1. The number of carbonyl (C=O) groups is 2. The van der Waals surface area contributed by atoms with Crippen LogP contribution in [0, 0.1) is 5.92 Å².